The molecule has 3 N–H and O–H groups in total. The number of aromatic nitrogens is 1. The number of amides is 1. The van der Waals surface area contributed by atoms with Crippen molar-refractivity contribution in [3.8, 4) is 27.1 Å². The van der Waals surface area contributed by atoms with Crippen molar-refractivity contribution in [1.82, 2.24) is 10.3 Å². The van der Waals surface area contributed by atoms with Crippen molar-refractivity contribution in [2.75, 3.05) is 29.5 Å². The van der Waals surface area contributed by atoms with Gasteiger partial charge >= 0.3 is 0 Å². The van der Waals surface area contributed by atoms with Gasteiger partial charge in [0.15, 0.2) is 0 Å². The first-order valence-corrected chi connectivity index (χ1v) is 16.6. The van der Waals surface area contributed by atoms with Gasteiger partial charge in [-0.25, -0.2) is 18.2 Å². The number of rotatable bonds is 6. The highest BCUT2D eigenvalue weighted by Gasteiger charge is 2.50. The van der Waals surface area contributed by atoms with Crippen LogP contribution in [-0.4, -0.2) is 56.1 Å². The summed E-state index contributed by atoms with van der Waals surface area (Å²) in [6.07, 6.45) is 0.105. The van der Waals surface area contributed by atoms with Crippen molar-refractivity contribution in [3.05, 3.63) is 60.0 Å². The number of benzene rings is 2. The molecular weight excluding hydrogens is 585 g/mol. The van der Waals surface area contributed by atoms with Crippen molar-refractivity contribution in [1.29, 1.82) is 5.26 Å². The van der Waals surface area contributed by atoms with Crippen molar-refractivity contribution in [2.45, 2.75) is 49.5 Å². The van der Waals surface area contributed by atoms with E-state index in [4.69, 9.17) is 4.98 Å². The molecule has 12 heteroatoms. The lowest BCUT2D eigenvalue weighted by Gasteiger charge is -2.41. The van der Waals surface area contributed by atoms with E-state index >= 15 is 0 Å². The number of alkyl halides is 2. The summed E-state index contributed by atoms with van der Waals surface area (Å²) in [4.78, 5) is 21.0. The molecule has 0 unspecified atom stereocenters. The van der Waals surface area contributed by atoms with E-state index in [0.717, 1.165) is 11.3 Å². The third kappa shape index (κ3) is 6.01. The van der Waals surface area contributed by atoms with Crippen LogP contribution in [0.5, 0.6) is 0 Å². The molecule has 6 rings (SSSR count). The summed E-state index contributed by atoms with van der Waals surface area (Å²) >= 11 is 1.31. The predicted octanol–water partition coefficient (Wildman–Crippen LogP) is 6.88. The van der Waals surface area contributed by atoms with Crippen LogP contribution in [0.4, 0.5) is 18.9 Å². The van der Waals surface area contributed by atoms with Crippen molar-refractivity contribution >= 4 is 33.5 Å². The first kappa shape index (κ1) is 29.0. The molecule has 2 aliphatic carbocycles. The van der Waals surface area contributed by atoms with E-state index in [2.05, 4.69) is 16.3 Å². The number of nitrogens with zero attached hydrogens (tertiary/aromatic N) is 3. The molecule has 3 fully saturated rings. The van der Waals surface area contributed by atoms with Gasteiger partial charge in [-0.1, -0.05) is 12.1 Å². The van der Waals surface area contributed by atoms with Crippen molar-refractivity contribution < 1.29 is 27.1 Å². The van der Waals surface area contributed by atoms with Crippen molar-refractivity contribution in [2.24, 2.45) is 5.92 Å². The summed E-state index contributed by atoms with van der Waals surface area (Å²) in [7, 11) is -2.53. The normalized spacial score (nSPS) is 24.8. The Labute approximate surface area is 247 Å². The van der Waals surface area contributed by atoms with E-state index in [9.17, 15) is 32.3 Å². The molecular formula is C30H31F3N4O3S2. The second kappa shape index (κ2) is 10.9. The molecule has 0 spiro atoms. The van der Waals surface area contributed by atoms with E-state index in [0.29, 0.717) is 58.6 Å². The number of nitriles is 1. The fourth-order valence-corrected chi connectivity index (χ4v) is 8.14. The fraction of sp³-hybridized carbons (Fsp3) is 0.433. The second-order valence-corrected chi connectivity index (χ2v) is 14.9. The number of halogens is 3. The fourth-order valence-electron chi connectivity index (χ4n) is 5.77. The van der Waals surface area contributed by atoms with Crippen LogP contribution < -0.4 is 10.2 Å². The second-order valence-electron chi connectivity index (χ2n) is 11.5. The highest BCUT2D eigenvalue weighted by Crippen LogP contribution is 2.50. The van der Waals surface area contributed by atoms with Crippen LogP contribution in [0.15, 0.2) is 48.5 Å². The number of hydrogen-bond donors (Lipinski definition) is 3. The Kier molecular flexibility index (Phi) is 7.50. The minimum atomic E-state index is -2.97. The smallest absolute Gasteiger partial charge is 0.248 e. The average Bonchev–Trinajstić information content (AvgIpc) is 3.59. The van der Waals surface area contributed by atoms with Crippen LogP contribution >= 0.6 is 21.9 Å². The third-order valence-electron chi connectivity index (χ3n) is 8.46. The van der Waals surface area contributed by atoms with Gasteiger partial charge in [0.2, 0.25) is 11.8 Å². The topological polar surface area (TPSA) is 109 Å². The van der Waals surface area contributed by atoms with Crippen LogP contribution in [0.25, 0.3) is 21.0 Å². The molecule has 222 valence electrons. The zero-order valence-electron chi connectivity index (χ0n) is 22.7. The molecule has 42 heavy (non-hydrogen) atoms. The van der Waals surface area contributed by atoms with Crippen LogP contribution in [0.2, 0.25) is 0 Å². The van der Waals surface area contributed by atoms with Gasteiger partial charge in [-0.15, -0.1) is 11.3 Å². The average molecular weight is 617 g/mol. The molecule has 1 aromatic heterocycles. The predicted molar refractivity (Wildman–Crippen MR) is 158 cm³/mol. The SMILES string of the molecule is N#CC1(NC(=O)[C@@H]2CCC(F)(F)C[C@H]2c2nc(-c3ccc(F)cc3)sc2-c2ccc(N3CCS(O)(O)CC3)cc2)CC1. The molecule has 1 saturated heterocycles. The van der Waals surface area contributed by atoms with Gasteiger partial charge in [0.25, 0.3) is 0 Å². The Bertz CT molecular complexity index is 1510. The number of carbonyl (C=O) groups is 1. The Hall–Kier alpha value is -3.11. The molecule has 7 nitrogen and oxygen atoms in total. The minimum Gasteiger partial charge on any atom is -0.368 e. The summed E-state index contributed by atoms with van der Waals surface area (Å²) in [6.45, 7) is 1.03. The first-order chi connectivity index (χ1) is 20.0. The Balaban J connectivity index is 1.37. The summed E-state index contributed by atoms with van der Waals surface area (Å²) in [5.41, 5.74) is 1.79. The largest absolute Gasteiger partial charge is 0.368 e. The van der Waals surface area contributed by atoms with Gasteiger partial charge in [0.05, 0.1) is 28.1 Å². The van der Waals surface area contributed by atoms with Gasteiger partial charge in [-0.2, -0.15) is 15.9 Å². The quantitative estimate of drug-likeness (QED) is 0.279. The summed E-state index contributed by atoms with van der Waals surface area (Å²) < 4.78 is 63.5. The Morgan fingerprint density at radius 1 is 1.05 bits per heavy atom. The van der Waals surface area contributed by atoms with E-state index in [1.165, 1.54) is 23.5 Å². The highest BCUT2D eigenvalue weighted by atomic mass is 32.3. The zero-order chi connectivity index (χ0) is 29.7. The zero-order valence-corrected chi connectivity index (χ0v) is 24.4. The molecule has 3 aliphatic rings. The number of carbonyl (C=O) groups excluding carboxylic acids is 1. The maximum Gasteiger partial charge on any atom is 0.248 e. The van der Waals surface area contributed by atoms with E-state index in [-0.39, 0.29) is 6.42 Å². The summed E-state index contributed by atoms with van der Waals surface area (Å²) in [6, 6.07) is 15.6. The van der Waals surface area contributed by atoms with E-state index in [1.807, 2.05) is 24.3 Å². The maximum atomic E-state index is 14.9. The molecule has 2 saturated carbocycles. The number of anilines is 1. The molecule has 1 amide bonds. The minimum absolute atomic E-state index is 0.0268. The van der Waals surface area contributed by atoms with Crippen LogP contribution in [0.1, 0.15) is 43.7 Å². The summed E-state index contributed by atoms with van der Waals surface area (Å²) in [5, 5.41) is 12.9. The highest BCUT2D eigenvalue weighted by molar-refractivity contribution is 8.24. The lowest BCUT2D eigenvalue weighted by atomic mass is 9.74. The van der Waals surface area contributed by atoms with Gasteiger partial charge in [0.1, 0.15) is 16.4 Å². The van der Waals surface area contributed by atoms with Gasteiger partial charge < -0.3 is 10.2 Å². The lowest BCUT2D eigenvalue weighted by molar-refractivity contribution is -0.131. The van der Waals surface area contributed by atoms with Gasteiger partial charge in [-0.3, -0.25) is 13.9 Å². The number of thiazole rings is 1. The van der Waals surface area contributed by atoms with E-state index in [1.54, 1.807) is 12.1 Å². The molecule has 3 aromatic rings. The summed E-state index contributed by atoms with van der Waals surface area (Å²) in [5.74, 6) is -4.81. The third-order valence-corrected chi connectivity index (χ3v) is 11.3. The number of hydrogen-bond acceptors (Lipinski definition) is 7. The maximum absolute atomic E-state index is 14.9. The molecule has 1 aliphatic heterocycles. The molecule has 2 heterocycles. The molecule has 2 aromatic carbocycles. The van der Waals surface area contributed by atoms with Crippen LogP contribution in [0.3, 0.4) is 0 Å². The van der Waals surface area contributed by atoms with E-state index < -0.39 is 58.5 Å². The van der Waals surface area contributed by atoms with Gasteiger partial charge in [-0.05, 0) is 61.2 Å². The lowest BCUT2D eigenvalue weighted by Crippen LogP contribution is -2.45. The van der Waals surface area contributed by atoms with Crippen LogP contribution in [-0.2, 0) is 4.79 Å². The van der Waals surface area contributed by atoms with Gasteiger partial charge in [0, 0.05) is 49.0 Å². The number of nitrogens with one attached hydrogen (secondary N) is 1. The standard InChI is InChI=1S/C30H31F3N4O3S2/c31-21-5-1-20(2-6-21)28-35-25(24-17-30(32,33)10-9-23(24)27(38)36-29(18-34)11-12-29)26(41-28)19-3-7-22(8-4-19)37-13-15-42(39,40)16-14-37/h1-8,23-24,39-40H,9-17H2,(H,36,38)/t23-,24-/m1/s1. The first-order valence-electron chi connectivity index (χ1n) is 13.9. The molecule has 2 atom stereocenters. The van der Waals surface area contributed by atoms with Crippen LogP contribution in [0, 0.1) is 23.1 Å². The van der Waals surface area contributed by atoms with Crippen molar-refractivity contribution in [3.63, 3.8) is 0 Å². The Morgan fingerprint density at radius 2 is 1.69 bits per heavy atom. The molecule has 0 radical (unpaired) electrons. The Morgan fingerprint density at radius 3 is 2.31 bits per heavy atom. The molecule has 0 bridgehead atoms. The monoisotopic (exact) mass is 616 g/mol.